The summed E-state index contributed by atoms with van der Waals surface area (Å²) in [5.41, 5.74) is -1.21. The minimum atomic E-state index is -4.65. The van der Waals surface area contributed by atoms with Crippen LogP contribution in [-0.4, -0.2) is 16.0 Å². The number of nitrogens with one attached hydrogen (secondary N) is 2. The van der Waals surface area contributed by atoms with Gasteiger partial charge >= 0.3 is 6.18 Å². The van der Waals surface area contributed by atoms with Crippen molar-refractivity contribution in [1.29, 1.82) is 0 Å². The molecule has 0 spiro atoms. The van der Waals surface area contributed by atoms with Crippen molar-refractivity contribution in [2.45, 2.75) is 32.5 Å². The van der Waals surface area contributed by atoms with Gasteiger partial charge in [-0.25, -0.2) is 9.37 Å². The zero-order chi connectivity index (χ0) is 17.9. The minimum absolute atomic E-state index is 0.0798. The molecule has 0 aliphatic carbocycles. The largest absolute Gasteiger partial charge is 0.433 e. The van der Waals surface area contributed by atoms with Gasteiger partial charge in [0.15, 0.2) is 5.69 Å². The molecule has 1 heterocycles. The third-order valence-corrected chi connectivity index (χ3v) is 3.43. The molecule has 9 heteroatoms. The van der Waals surface area contributed by atoms with Crippen LogP contribution in [0.4, 0.5) is 35.0 Å². The molecular weight excluding hydrogens is 348 g/mol. The van der Waals surface area contributed by atoms with Crippen LogP contribution in [0.1, 0.15) is 26.0 Å². The van der Waals surface area contributed by atoms with Gasteiger partial charge in [-0.2, -0.15) is 18.2 Å². The van der Waals surface area contributed by atoms with Crippen LogP contribution in [-0.2, 0) is 6.18 Å². The van der Waals surface area contributed by atoms with E-state index in [1.54, 1.807) is 6.92 Å². The summed E-state index contributed by atoms with van der Waals surface area (Å²) in [7, 11) is 0. The lowest BCUT2D eigenvalue weighted by atomic mass is 10.2. The molecule has 24 heavy (non-hydrogen) atoms. The molecule has 0 aliphatic rings. The van der Waals surface area contributed by atoms with Crippen molar-refractivity contribution in [2.24, 2.45) is 0 Å². The number of hydrogen-bond acceptors (Lipinski definition) is 4. The number of alkyl halides is 3. The Morgan fingerprint density at radius 3 is 2.54 bits per heavy atom. The summed E-state index contributed by atoms with van der Waals surface area (Å²) in [6.07, 6.45) is -3.98. The van der Waals surface area contributed by atoms with Crippen LogP contribution in [0.2, 0.25) is 5.02 Å². The van der Waals surface area contributed by atoms with E-state index in [-0.39, 0.29) is 28.5 Å². The van der Waals surface area contributed by atoms with E-state index in [1.807, 2.05) is 6.92 Å². The lowest BCUT2D eigenvalue weighted by Gasteiger charge is -2.15. The standard InChI is InChI=1S/C15H15ClF4N4/c1-3-8(2)21-14-23-12(15(18,19)20)7-13(24-14)22-11-6-9(16)4-5-10(11)17/h4-8H,3H2,1-2H3,(H2,21,22,23,24)/t8-/m1/s1. The number of benzene rings is 1. The van der Waals surface area contributed by atoms with Gasteiger partial charge in [0.1, 0.15) is 11.6 Å². The van der Waals surface area contributed by atoms with Gasteiger partial charge in [-0.3, -0.25) is 0 Å². The quantitative estimate of drug-likeness (QED) is 0.714. The van der Waals surface area contributed by atoms with E-state index in [9.17, 15) is 17.6 Å². The molecule has 2 N–H and O–H groups in total. The van der Waals surface area contributed by atoms with Crippen molar-refractivity contribution in [3.8, 4) is 0 Å². The number of anilines is 3. The highest BCUT2D eigenvalue weighted by atomic mass is 35.5. The maximum atomic E-state index is 13.8. The Hall–Kier alpha value is -2.09. The summed E-state index contributed by atoms with van der Waals surface area (Å²) >= 11 is 5.77. The summed E-state index contributed by atoms with van der Waals surface area (Å²) in [6, 6.07) is 4.29. The monoisotopic (exact) mass is 362 g/mol. The van der Waals surface area contributed by atoms with Gasteiger partial charge in [0.2, 0.25) is 5.95 Å². The van der Waals surface area contributed by atoms with Crippen molar-refractivity contribution in [3.63, 3.8) is 0 Å². The van der Waals surface area contributed by atoms with Crippen LogP contribution in [0.25, 0.3) is 0 Å². The number of hydrogen-bond donors (Lipinski definition) is 2. The summed E-state index contributed by atoms with van der Waals surface area (Å²) in [4.78, 5) is 7.42. The molecule has 4 nitrogen and oxygen atoms in total. The van der Waals surface area contributed by atoms with Gasteiger partial charge in [0, 0.05) is 17.1 Å². The van der Waals surface area contributed by atoms with E-state index in [4.69, 9.17) is 11.6 Å². The van der Waals surface area contributed by atoms with E-state index in [2.05, 4.69) is 20.6 Å². The Bertz CT molecular complexity index is 721. The highest BCUT2D eigenvalue weighted by molar-refractivity contribution is 6.30. The lowest BCUT2D eigenvalue weighted by molar-refractivity contribution is -0.141. The minimum Gasteiger partial charge on any atom is -0.352 e. The third kappa shape index (κ3) is 4.70. The molecule has 0 saturated carbocycles. The first-order chi connectivity index (χ1) is 11.2. The van der Waals surface area contributed by atoms with Crippen LogP contribution in [0.5, 0.6) is 0 Å². The summed E-state index contributed by atoms with van der Waals surface area (Å²) in [5, 5.41) is 5.52. The molecule has 130 valence electrons. The number of rotatable bonds is 5. The molecule has 0 saturated heterocycles. The fraction of sp³-hybridized carbons (Fsp3) is 0.333. The lowest BCUT2D eigenvalue weighted by Crippen LogP contribution is -2.18. The fourth-order valence-electron chi connectivity index (χ4n) is 1.77. The van der Waals surface area contributed by atoms with Crippen LogP contribution in [0.15, 0.2) is 24.3 Å². The zero-order valence-electron chi connectivity index (χ0n) is 12.9. The van der Waals surface area contributed by atoms with Crippen LogP contribution >= 0.6 is 11.6 Å². The second-order valence-corrected chi connectivity index (χ2v) is 5.60. The smallest absolute Gasteiger partial charge is 0.352 e. The number of aromatic nitrogens is 2. The van der Waals surface area contributed by atoms with E-state index in [0.29, 0.717) is 12.5 Å². The second kappa shape index (κ2) is 7.21. The molecule has 1 aromatic heterocycles. The topological polar surface area (TPSA) is 49.8 Å². The zero-order valence-corrected chi connectivity index (χ0v) is 13.6. The van der Waals surface area contributed by atoms with Crippen molar-refractivity contribution < 1.29 is 17.6 Å². The molecule has 0 aliphatic heterocycles. The second-order valence-electron chi connectivity index (χ2n) is 5.16. The normalized spacial score (nSPS) is 12.8. The first-order valence-corrected chi connectivity index (χ1v) is 7.51. The highest BCUT2D eigenvalue weighted by Crippen LogP contribution is 2.31. The Morgan fingerprint density at radius 1 is 1.21 bits per heavy atom. The van der Waals surface area contributed by atoms with Crippen molar-refractivity contribution in [1.82, 2.24) is 9.97 Å². The average molecular weight is 363 g/mol. The maximum Gasteiger partial charge on any atom is 0.433 e. The van der Waals surface area contributed by atoms with Gasteiger partial charge in [-0.05, 0) is 31.5 Å². The van der Waals surface area contributed by atoms with Gasteiger partial charge < -0.3 is 10.6 Å². The van der Waals surface area contributed by atoms with Gasteiger partial charge in [-0.15, -0.1) is 0 Å². The van der Waals surface area contributed by atoms with E-state index >= 15 is 0 Å². The Balaban J connectivity index is 2.40. The maximum absolute atomic E-state index is 13.8. The first-order valence-electron chi connectivity index (χ1n) is 7.14. The fourth-order valence-corrected chi connectivity index (χ4v) is 1.95. The summed E-state index contributed by atoms with van der Waals surface area (Å²) in [6.45, 7) is 3.65. The summed E-state index contributed by atoms with van der Waals surface area (Å²) < 4.78 is 52.8. The Morgan fingerprint density at radius 2 is 1.92 bits per heavy atom. The van der Waals surface area contributed by atoms with Crippen LogP contribution in [0.3, 0.4) is 0 Å². The van der Waals surface area contributed by atoms with Gasteiger partial charge in [-0.1, -0.05) is 18.5 Å². The molecular formula is C15H15ClF4N4. The van der Waals surface area contributed by atoms with Crippen molar-refractivity contribution in [2.75, 3.05) is 10.6 Å². The van der Waals surface area contributed by atoms with Crippen molar-refractivity contribution in [3.05, 3.63) is 40.8 Å². The highest BCUT2D eigenvalue weighted by Gasteiger charge is 2.34. The van der Waals surface area contributed by atoms with Crippen LogP contribution in [0, 0.1) is 5.82 Å². The molecule has 0 unspecified atom stereocenters. The predicted octanol–water partition coefficient (Wildman–Crippen LogP) is 5.24. The van der Waals surface area contributed by atoms with E-state index in [0.717, 1.165) is 6.07 Å². The van der Waals surface area contributed by atoms with Crippen molar-refractivity contribution >= 4 is 29.1 Å². The van der Waals surface area contributed by atoms with Gasteiger partial charge in [0.05, 0.1) is 5.69 Å². The average Bonchev–Trinajstić information content (AvgIpc) is 2.49. The SMILES string of the molecule is CC[C@@H](C)Nc1nc(Nc2cc(Cl)ccc2F)cc(C(F)(F)F)n1. The van der Waals surface area contributed by atoms with Crippen LogP contribution < -0.4 is 10.6 Å². The van der Waals surface area contributed by atoms with E-state index in [1.165, 1.54) is 12.1 Å². The molecule has 2 aromatic rings. The number of halogens is 5. The van der Waals surface area contributed by atoms with E-state index < -0.39 is 17.7 Å². The molecule has 0 bridgehead atoms. The first kappa shape index (κ1) is 18.3. The number of nitrogens with zero attached hydrogens (tertiary/aromatic N) is 2. The Kier molecular flexibility index (Phi) is 5.48. The molecule has 0 fully saturated rings. The molecule has 1 atom stereocenters. The summed E-state index contributed by atoms with van der Waals surface area (Å²) in [5.74, 6) is -1.04. The molecule has 0 amide bonds. The third-order valence-electron chi connectivity index (χ3n) is 3.20. The Labute approximate surface area is 141 Å². The molecule has 1 aromatic carbocycles. The predicted molar refractivity (Wildman–Crippen MR) is 85.1 cm³/mol. The van der Waals surface area contributed by atoms with Gasteiger partial charge in [0.25, 0.3) is 0 Å². The molecule has 0 radical (unpaired) electrons. The molecule has 2 rings (SSSR count).